The number of hydrogen-bond acceptors (Lipinski definition) is 5. The fourth-order valence-corrected chi connectivity index (χ4v) is 3.39. The fourth-order valence-electron chi connectivity index (χ4n) is 3.39. The van der Waals surface area contributed by atoms with E-state index in [1.54, 1.807) is 13.0 Å². The molecule has 2 aromatic carbocycles. The van der Waals surface area contributed by atoms with E-state index in [1.165, 1.54) is 36.3 Å². The molecule has 0 aliphatic carbocycles. The molecule has 0 saturated heterocycles. The molecule has 30 heavy (non-hydrogen) atoms. The summed E-state index contributed by atoms with van der Waals surface area (Å²) in [6, 6.07) is 13.4. The molecule has 0 spiro atoms. The molecule has 0 radical (unpaired) electrons. The second-order valence-corrected chi connectivity index (χ2v) is 7.25. The van der Waals surface area contributed by atoms with Gasteiger partial charge in [-0.1, -0.05) is 38.1 Å². The molecule has 0 N–H and O–H groups in total. The quantitative estimate of drug-likeness (QED) is 0.313. The number of anilines is 1. The Kier molecular flexibility index (Phi) is 5.82. The average Bonchev–Trinajstić information content (AvgIpc) is 2.97. The van der Waals surface area contributed by atoms with Crippen LogP contribution >= 0.6 is 0 Å². The molecule has 1 amide bonds. The summed E-state index contributed by atoms with van der Waals surface area (Å²) in [5, 5.41) is 11.1. The highest BCUT2D eigenvalue weighted by Crippen LogP contribution is 2.36. The molecule has 0 fully saturated rings. The number of nitro benzene ring substituents is 1. The third-order valence-corrected chi connectivity index (χ3v) is 5.00. The molecule has 0 saturated carbocycles. The van der Waals surface area contributed by atoms with Gasteiger partial charge in [-0.25, -0.2) is 4.79 Å². The number of carbonyl (C=O) groups is 2. The van der Waals surface area contributed by atoms with Crippen molar-refractivity contribution in [3.63, 3.8) is 0 Å². The predicted molar refractivity (Wildman–Crippen MR) is 114 cm³/mol. The van der Waals surface area contributed by atoms with Gasteiger partial charge >= 0.3 is 5.97 Å². The number of rotatable bonds is 5. The SMILES string of the molecule is COC(=O)C1=C(C)N(c2ccc(C(C)C)cc2)C(=O)/C1=C\c1cccc([N+](=O)[O-])c1. The highest BCUT2D eigenvalue weighted by molar-refractivity contribution is 6.23. The third-order valence-electron chi connectivity index (χ3n) is 5.00. The molecule has 0 unspecified atom stereocenters. The zero-order valence-electron chi connectivity index (χ0n) is 17.2. The van der Waals surface area contributed by atoms with Gasteiger partial charge < -0.3 is 4.74 Å². The van der Waals surface area contributed by atoms with Crippen LogP contribution < -0.4 is 4.90 Å². The Morgan fingerprint density at radius 1 is 1.17 bits per heavy atom. The molecule has 0 aromatic heterocycles. The van der Waals surface area contributed by atoms with E-state index < -0.39 is 16.8 Å². The van der Waals surface area contributed by atoms with Crippen molar-refractivity contribution in [1.82, 2.24) is 0 Å². The Balaban J connectivity index is 2.10. The Morgan fingerprint density at radius 2 is 1.83 bits per heavy atom. The highest BCUT2D eigenvalue weighted by atomic mass is 16.6. The molecule has 2 aromatic rings. The van der Waals surface area contributed by atoms with Gasteiger partial charge in [-0.3, -0.25) is 19.8 Å². The molecule has 7 nitrogen and oxygen atoms in total. The molecule has 3 rings (SSSR count). The van der Waals surface area contributed by atoms with Gasteiger partial charge in [0.2, 0.25) is 0 Å². The van der Waals surface area contributed by atoms with Crippen molar-refractivity contribution in [2.24, 2.45) is 0 Å². The zero-order chi connectivity index (χ0) is 22.0. The van der Waals surface area contributed by atoms with Gasteiger partial charge in [0.05, 0.1) is 23.2 Å². The normalized spacial score (nSPS) is 15.3. The summed E-state index contributed by atoms with van der Waals surface area (Å²) in [4.78, 5) is 37.7. The van der Waals surface area contributed by atoms with Crippen molar-refractivity contribution in [3.05, 3.63) is 86.6 Å². The first-order valence-electron chi connectivity index (χ1n) is 9.44. The topological polar surface area (TPSA) is 89.8 Å². The lowest BCUT2D eigenvalue weighted by molar-refractivity contribution is -0.384. The zero-order valence-corrected chi connectivity index (χ0v) is 17.2. The van der Waals surface area contributed by atoms with E-state index in [1.807, 2.05) is 24.3 Å². The van der Waals surface area contributed by atoms with Crippen LogP contribution in [0.25, 0.3) is 6.08 Å². The molecule has 154 valence electrons. The van der Waals surface area contributed by atoms with Crippen LogP contribution in [0.5, 0.6) is 0 Å². The molecule has 0 atom stereocenters. The minimum absolute atomic E-state index is 0.101. The average molecular weight is 406 g/mol. The molecule has 1 aliphatic rings. The molecule has 7 heteroatoms. The van der Waals surface area contributed by atoms with Gasteiger partial charge in [-0.15, -0.1) is 0 Å². The summed E-state index contributed by atoms with van der Waals surface area (Å²) in [7, 11) is 1.25. The summed E-state index contributed by atoms with van der Waals surface area (Å²) in [6.07, 6.45) is 1.48. The summed E-state index contributed by atoms with van der Waals surface area (Å²) in [5.41, 5.74) is 2.82. The maximum atomic E-state index is 13.3. The van der Waals surface area contributed by atoms with Crippen molar-refractivity contribution >= 4 is 29.3 Å². The van der Waals surface area contributed by atoms with Crippen LogP contribution in [0.3, 0.4) is 0 Å². The lowest BCUT2D eigenvalue weighted by atomic mass is 10.0. The van der Waals surface area contributed by atoms with E-state index in [4.69, 9.17) is 4.74 Å². The lowest BCUT2D eigenvalue weighted by Gasteiger charge is -2.19. The van der Waals surface area contributed by atoms with Crippen LogP contribution in [0.4, 0.5) is 11.4 Å². The van der Waals surface area contributed by atoms with E-state index in [2.05, 4.69) is 13.8 Å². The number of non-ortho nitro benzene ring substituents is 1. The first-order chi connectivity index (χ1) is 14.2. The highest BCUT2D eigenvalue weighted by Gasteiger charge is 2.37. The van der Waals surface area contributed by atoms with E-state index in [0.717, 1.165) is 5.56 Å². The lowest BCUT2D eigenvalue weighted by Crippen LogP contribution is -2.24. The predicted octanol–water partition coefficient (Wildman–Crippen LogP) is 4.60. The Bertz CT molecular complexity index is 1080. The largest absolute Gasteiger partial charge is 0.465 e. The number of ether oxygens (including phenoxy) is 1. The van der Waals surface area contributed by atoms with Gasteiger partial charge in [0, 0.05) is 23.5 Å². The van der Waals surface area contributed by atoms with Gasteiger partial charge in [0.1, 0.15) is 0 Å². The molecular formula is C23H22N2O5. The van der Waals surface area contributed by atoms with Crippen molar-refractivity contribution in [2.45, 2.75) is 26.7 Å². The summed E-state index contributed by atoms with van der Waals surface area (Å²) in [5.74, 6) is -0.685. The van der Waals surface area contributed by atoms with Gasteiger partial charge in [-0.2, -0.15) is 0 Å². The van der Waals surface area contributed by atoms with Gasteiger partial charge in [-0.05, 0) is 42.2 Å². The maximum absolute atomic E-state index is 13.3. The van der Waals surface area contributed by atoms with Gasteiger partial charge in [0.25, 0.3) is 11.6 Å². The number of nitro groups is 1. The maximum Gasteiger partial charge on any atom is 0.340 e. The Labute approximate surface area is 174 Å². The van der Waals surface area contributed by atoms with Crippen LogP contribution in [0, 0.1) is 10.1 Å². The number of esters is 1. The fraction of sp³-hybridized carbons (Fsp3) is 0.217. The van der Waals surface area contributed by atoms with Crippen molar-refractivity contribution < 1.29 is 19.2 Å². The van der Waals surface area contributed by atoms with Crippen LogP contribution in [-0.2, 0) is 14.3 Å². The number of methoxy groups -OCH3 is 1. The monoisotopic (exact) mass is 406 g/mol. The van der Waals surface area contributed by atoms with Crippen molar-refractivity contribution in [2.75, 3.05) is 12.0 Å². The Hall–Kier alpha value is -3.74. The second kappa shape index (κ2) is 8.32. The standard InChI is InChI=1S/C23H22N2O5/c1-14(2)17-8-10-18(11-9-17)24-15(3)21(23(27)30-4)20(22(24)26)13-16-6-5-7-19(12-16)25(28)29/h5-14H,1-4H3/b20-13-. The number of carbonyl (C=O) groups excluding carboxylic acids is 2. The van der Waals surface area contributed by atoms with Crippen molar-refractivity contribution in [3.8, 4) is 0 Å². The molecular weight excluding hydrogens is 384 g/mol. The van der Waals surface area contributed by atoms with E-state index in [-0.39, 0.29) is 16.8 Å². The van der Waals surface area contributed by atoms with Gasteiger partial charge in [0.15, 0.2) is 0 Å². The summed E-state index contributed by atoms with van der Waals surface area (Å²) < 4.78 is 4.89. The number of amides is 1. The number of hydrogen-bond donors (Lipinski definition) is 0. The smallest absolute Gasteiger partial charge is 0.340 e. The van der Waals surface area contributed by atoms with Crippen molar-refractivity contribution in [1.29, 1.82) is 0 Å². The summed E-state index contributed by atoms with van der Waals surface area (Å²) >= 11 is 0. The second-order valence-electron chi connectivity index (χ2n) is 7.25. The minimum atomic E-state index is -0.640. The third kappa shape index (κ3) is 3.87. The number of nitrogens with zero attached hydrogens (tertiary/aromatic N) is 2. The van der Waals surface area contributed by atoms with Crippen LogP contribution in [0.2, 0.25) is 0 Å². The minimum Gasteiger partial charge on any atom is -0.465 e. The Morgan fingerprint density at radius 3 is 2.40 bits per heavy atom. The van der Waals surface area contributed by atoms with Crippen LogP contribution in [0.15, 0.2) is 65.4 Å². The molecule has 1 heterocycles. The first-order valence-corrected chi connectivity index (χ1v) is 9.44. The van der Waals surface area contributed by atoms with E-state index in [0.29, 0.717) is 22.9 Å². The van der Waals surface area contributed by atoms with Crippen LogP contribution in [0.1, 0.15) is 37.8 Å². The first kappa shape index (κ1) is 21.0. The van der Waals surface area contributed by atoms with E-state index in [9.17, 15) is 19.7 Å². The van der Waals surface area contributed by atoms with E-state index >= 15 is 0 Å². The van der Waals surface area contributed by atoms with Crippen LogP contribution in [-0.4, -0.2) is 23.9 Å². The molecule has 0 bridgehead atoms. The number of benzene rings is 2. The summed E-state index contributed by atoms with van der Waals surface area (Å²) in [6.45, 7) is 5.83. The number of allylic oxidation sites excluding steroid dienone is 1. The molecule has 1 aliphatic heterocycles.